The van der Waals surface area contributed by atoms with Gasteiger partial charge >= 0.3 is 0 Å². The zero-order valence-electron chi connectivity index (χ0n) is 14.1. The van der Waals surface area contributed by atoms with E-state index < -0.39 is 10.0 Å². The van der Waals surface area contributed by atoms with E-state index in [-0.39, 0.29) is 24.2 Å². The number of hydrogen-bond acceptors (Lipinski definition) is 4. The third-order valence-corrected chi connectivity index (χ3v) is 6.62. The van der Waals surface area contributed by atoms with Gasteiger partial charge in [-0.15, -0.1) is 0 Å². The van der Waals surface area contributed by atoms with Crippen LogP contribution in [-0.2, 0) is 14.8 Å². The summed E-state index contributed by atoms with van der Waals surface area (Å²) in [6.45, 7) is 1.82. The van der Waals surface area contributed by atoms with Crippen LogP contribution in [-0.4, -0.2) is 56.6 Å². The highest BCUT2D eigenvalue weighted by atomic mass is 32.2. The lowest BCUT2D eigenvalue weighted by Gasteiger charge is -2.21. The van der Waals surface area contributed by atoms with Crippen LogP contribution in [0.3, 0.4) is 0 Å². The molecule has 0 aromatic heterocycles. The zero-order valence-corrected chi connectivity index (χ0v) is 14.9. The molecule has 6 nitrogen and oxygen atoms in total. The van der Waals surface area contributed by atoms with Crippen LogP contribution in [0.4, 0.5) is 0 Å². The maximum absolute atomic E-state index is 12.1. The van der Waals surface area contributed by atoms with Crippen molar-refractivity contribution < 1.29 is 13.2 Å². The quantitative estimate of drug-likeness (QED) is 0.680. The van der Waals surface area contributed by atoms with Crippen molar-refractivity contribution >= 4 is 15.9 Å². The number of nitrogens with one attached hydrogen (secondary N) is 2. The molecule has 0 bridgehead atoms. The van der Waals surface area contributed by atoms with Gasteiger partial charge in [0, 0.05) is 25.7 Å². The summed E-state index contributed by atoms with van der Waals surface area (Å²) in [6.07, 6.45) is 10.3. The predicted molar refractivity (Wildman–Crippen MR) is 91.7 cm³/mol. The Balaban J connectivity index is 1.60. The van der Waals surface area contributed by atoms with Crippen LogP contribution in [0.5, 0.6) is 0 Å². The Bertz CT molecular complexity index is 453. The molecule has 2 rings (SSSR count). The van der Waals surface area contributed by atoms with Gasteiger partial charge in [-0.2, -0.15) is 0 Å². The highest BCUT2D eigenvalue weighted by Gasteiger charge is 2.24. The number of amides is 1. The van der Waals surface area contributed by atoms with E-state index >= 15 is 0 Å². The lowest BCUT2D eigenvalue weighted by molar-refractivity contribution is -0.121. The maximum Gasteiger partial charge on any atom is 0.234 e. The van der Waals surface area contributed by atoms with E-state index in [0.29, 0.717) is 19.6 Å². The van der Waals surface area contributed by atoms with Crippen LogP contribution in [0, 0.1) is 0 Å². The molecule has 0 unspecified atom stereocenters. The molecule has 1 saturated carbocycles. The second-order valence-corrected chi connectivity index (χ2v) is 8.80. The monoisotopic (exact) mass is 345 g/mol. The second kappa shape index (κ2) is 9.59. The van der Waals surface area contributed by atoms with Crippen LogP contribution in [0.1, 0.15) is 57.8 Å². The van der Waals surface area contributed by atoms with Crippen LogP contribution < -0.4 is 10.6 Å². The van der Waals surface area contributed by atoms with Crippen LogP contribution >= 0.6 is 0 Å². The SMILES string of the molecule is O=C(CNCCS(=O)(=O)N1CCCC1)NC1CCCCCCC1. The minimum Gasteiger partial charge on any atom is -0.352 e. The Kier molecular flexibility index (Phi) is 7.79. The molecule has 0 atom stereocenters. The van der Waals surface area contributed by atoms with E-state index in [2.05, 4.69) is 10.6 Å². The molecule has 1 saturated heterocycles. The van der Waals surface area contributed by atoms with Crippen molar-refractivity contribution in [3.05, 3.63) is 0 Å². The third-order valence-electron chi connectivity index (χ3n) is 4.75. The molecule has 23 heavy (non-hydrogen) atoms. The third kappa shape index (κ3) is 6.77. The molecule has 1 aliphatic carbocycles. The summed E-state index contributed by atoms with van der Waals surface area (Å²) in [5.41, 5.74) is 0. The van der Waals surface area contributed by atoms with E-state index in [1.54, 1.807) is 4.31 Å². The Labute approximate surface area is 140 Å². The Morgan fingerprint density at radius 2 is 1.57 bits per heavy atom. The molecule has 1 heterocycles. The number of rotatable bonds is 7. The van der Waals surface area contributed by atoms with Crippen LogP contribution in [0.15, 0.2) is 0 Å². The van der Waals surface area contributed by atoms with Crippen molar-refractivity contribution in [3.8, 4) is 0 Å². The summed E-state index contributed by atoms with van der Waals surface area (Å²) >= 11 is 0. The average molecular weight is 346 g/mol. The molecule has 1 aliphatic heterocycles. The number of carbonyl (C=O) groups excluding carboxylic acids is 1. The molecule has 0 spiro atoms. The highest BCUT2D eigenvalue weighted by Crippen LogP contribution is 2.17. The van der Waals surface area contributed by atoms with Gasteiger partial charge in [-0.1, -0.05) is 32.1 Å². The first-order chi connectivity index (χ1) is 11.1. The molecule has 134 valence electrons. The number of carbonyl (C=O) groups is 1. The highest BCUT2D eigenvalue weighted by molar-refractivity contribution is 7.89. The zero-order chi connectivity index (χ0) is 16.5. The van der Waals surface area contributed by atoms with Gasteiger partial charge in [0.15, 0.2) is 0 Å². The fourth-order valence-corrected chi connectivity index (χ4v) is 4.85. The van der Waals surface area contributed by atoms with Gasteiger partial charge in [-0.3, -0.25) is 4.79 Å². The first kappa shape index (κ1) is 18.7. The molecule has 0 aromatic carbocycles. The fraction of sp³-hybridized carbons (Fsp3) is 0.938. The van der Waals surface area contributed by atoms with E-state index in [9.17, 15) is 13.2 Å². The molecule has 0 aromatic rings. The van der Waals surface area contributed by atoms with Crippen molar-refractivity contribution in [2.24, 2.45) is 0 Å². The van der Waals surface area contributed by atoms with Gasteiger partial charge in [0.05, 0.1) is 12.3 Å². The smallest absolute Gasteiger partial charge is 0.234 e. The summed E-state index contributed by atoms with van der Waals surface area (Å²) in [4.78, 5) is 12.0. The molecule has 2 N–H and O–H groups in total. The number of sulfonamides is 1. The summed E-state index contributed by atoms with van der Waals surface area (Å²) in [6, 6.07) is 0.290. The lowest BCUT2D eigenvalue weighted by Crippen LogP contribution is -2.42. The van der Waals surface area contributed by atoms with E-state index in [0.717, 1.165) is 25.7 Å². The lowest BCUT2D eigenvalue weighted by atomic mass is 9.97. The number of nitrogens with zero attached hydrogens (tertiary/aromatic N) is 1. The van der Waals surface area contributed by atoms with Crippen molar-refractivity contribution in [2.45, 2.75) is 63.8 Å². The Hall–Kier alpha value is -0.660. The summed E-state index contributed by atoms with van der Waals surface area (Å²) < 4.78 is 25.7. The van der Waals surface area contributed by atoms with Crippen molar-refractivity contribution in [1.82, 2.24) is 14.9 Å². The Morgan fingerprint density at radius 3 is 2.22 bits per heavy atom. The first-order valence-electron chi connectivity index (χ1n) is 9.06. The molecule has 7 heteroatoms. The van der Waals surface area contributed by atoms with Gasteiger partial charge in [-0.05, 0) is 25.7 Å². The van der Waals surface area contributed by atoms with Gasteiger partial charge < -0.3 is 10.6 Å². The van der Waals surface area contributed by atoms with Crippen molar-refractivity contribution in [3.63, 3.8) is 0 Å². The summed E-state index contributed by atoms with van der Waals surface area (Å²) in [5.74, 6) is 0.0538. The summed E-state index contributed by atoms with van der Waals surface area (Å²) in [7, 11) is -3.15. The van der Waals surface area contributed by atoms with Crippen molar-refractivity contribution in [2.75, 3.05) is 31.9 Å². The standard InChI is InChI=1S/C16H31N3O3S/c20-16(18-15-8-4-2-1-3-5-9-15)14-17-10-13-23(21,22)19-11-6-7-12-19/h15,17H,1-14H2,(H,18,20). The summed E-state index contributed by atoms with van der Waals surface area (Å²) in [5, 5.41) is 6.04. The maximum atomic E-state index is 12.1. The predicted octanol–water partition coefficient (Wildman–Crippen LogP) is 1.23. The van der Waals surface area contributed by atoms with Gasteiger partial charge in [0.1, 0.15) is 0 Å². The van der Waals surface area contributed by atoms with E-state index in [1.165, 1.54) is 32.1 Å². The molecule has 1 amide bonds. The molecule has 0 radical (unpaired) electrons. The van der Waals surface area contributed by atoms with Crippen LogP contribution in [0.2, 0.25) is 0 Å². The van der Waals surface area contributed by atoms with Crippen LogP contribution in [0.25, 0.3) is 0 Å². The van der Waals surface area contributed by atoms with Gasteiger partial charge in [0.25, 0.3) is 0 Å². The average Bonchev–Trinajstić information content (AvgIpc) is 3.01. The van der Waals surface area contributed by atoms with Crippen molar-refractivity contribution in [1.29, 1.82) is 0 Å². The fourth-order valence-electron chi connectivity index (χ4n) is 3.38. The number of hydrogen-bond donors (Lipinski definition) is 2. The minimum atomic E-state index is -3.15. The normalized spacial score (nSPS) is 21.7. The molecular weight excluding hydrogens is 314 g/mol. The Morgan fingerprint density at radius 1 is 0.957 bits per heavy atom. The van der Waals surface area contributed by atoms with E-state index in [4.69, 9.17) is 0 Å². The van der Waals surface area contributed by atoms with Gasteiger partial charge in [-0.25, -0.2) is 12.7 Å². The molecule has 2 aliphatic rings. The first-order valence-corrected chi connectivity index (χ1v) is 10.7. The molecule has 2 fully saturated rings. The topological polar surface area (TPSA) is 78.5 Å². The minimum absolute atomic E-state index is 0.0193. The van der Waals surface area contributed by atoms with Gasteiger partial charge in [0.2, 0.25) is 15.9 Å². The molecular formula is C16H31N3O3S. The largest absolute Gasteiger partial charge is 0.352 e. The second-order valence-electron chi connectivity index (χ2n) is 6.71. The van der Waals surface area contributed by atoms with E-state index in [1.807, 2.05) is 0 Å².